The van der Waals surface area contributed by atoms with Crippen molar-refractivity contribution in [3.05, 3.63) is 102 Å². The number of nitrogens with one attached hydrogen (secondary N) is 1. The molecule has 2 aliphatic rings. The number of carbonyl (C=O) groups excluding carboxylic acids is 1. The number of para-hydroxylation sites is 1. The van der Waals surface area contributed by atoms with E-state index in [4.69, 9.17) is 4.74 Å². The smallest absolute Gasteiger partial charge is 0.264 e. The molecule has 0 aliphatic carbocycles. The Morgan fingerprint density at radius 1 is 1.02 bits per heavy atom. The largest absolute Gasteiger partial charge is 0.353 e. The predicted octanol–water partition coefficient (Wildman–Crippen LogP) is 4.60. The van der Waals surface area contributed by atoms with Crippen LogP contribution >= 0.6 is 0 Å². The summed E-state index contributed by atoms with van der Waals surface area (Å²) in [6, 6.07) is 20.6. The van der Waals surface area contributed by atoms with Crippen molar-refractivity contribution in [3.63, 3.8) is 0 Å². The highest BCUT2D eigenvalue weighted by Gasteiger charge is 2.43. The normalized spacial score (nSPS) is 19.6. The van der Waals surface area contributed by atoms with Crippen molar-refractivity contribution >= 4 is 32.5 Å². The molecule has 4 aromatic rings. The number of halogens is 1. The third-order valence-electron chi connectivity index (χ3n) is 7.64. The summed E-state index contributed by atoms with van der Waals surface area (Å²) in [6.45, 7) is 4.60. The minimum atomic E-state index is -4.12. The van der Waals surface area contributed by atoms with Crippen LogP contribution in [0.15, 0.2) is 83.9 Å². The molecule has 6 rings (SSSR count). The molecule has 1 amide bonds. The number of hydrogen-bond donors (Lipinski definition) is 1. The standard InChI is InChI=1S/C31H31FN4O4S/c1-21-8-10-22(11-9-21)19-27-31(40-27)36-16-4-15-35(17-18-36)30(37)24-12-13-26(25(32)20-24)34-41(38,39)28-7-2-5-23-6-3-14-33-29(23)28/h2-3,5-14,20,27,31,34H,4,15-19H2,1H3. The van der Waals surface area contributed by atoms with Crippen LogP contribution in [-0.4, -0.2) is 67.6 Å². The molecule has 2 fully saturated rings. The number of nitrogens with zero attached hydrogens (tertiary/aromatic N) is 3. The molecule has 1 aromatic heterocycles. The molecule has 2 saturated heterocycles. The first-order chi connectivity index (χ1) is 19.8. The molecule has 3 heterocycles. The Morgan fingerprint density at radius 2 is 1.83 bits per heavy atom. The molecule has 41 heavy (non-hydrogen) atoms. The summed E-state index contributed by atoms with van der Waals surface area (Å²) in [5, 5.41) is 0.655. The van der Waals surface area contributed by atoms with Crippen molar-refractivity contribution < 1.29 is 22.3 Å². The van der Waals surface area contributed by atoms with Crippen LogP contribution in [0.4, 0.5) is 10.1 Å². The number of hydrogen-bond acceptors (Lipinski definition) is 6. The van der Waals surface area contributed by atoms with Gasteiger partial charge in [-0.1, -0.05) is 48.0 Å². The van der Waals surface area contributed by atoms with Crippen molar-refractivity contribution in [1.82, 2.24) is 14.8 Å². The van der Waals surface area contributed by atoms with Crippen molar-refractivity contribution in [2.24, 2.45) is 0 Å². The van der Waals surface area contributed by atoms with E-state index in [2.05, 4.69) is 45.8 Å². The fourth-order valence-corrected chi connectivity index (χ4v) is 6.61. The summed E-state index contributed by atoms with van der Waals surface area (Å²) < 4.78 is 49.6. The van der Waals surface area contributed by atoms with Gasteiger partial charge in [0.2, 0.25) is 0 Å². The quantitative estimate of drug-likeness (QED) is 0.324. The van der Waals surface area contributed by atoms with Crippen LogP contribution in [0.1, 0.15) is 27.9 Å². The lowest BCUT2D eigenvalue weighted by molar-refractivity contribution is 0.0756. The monoisotopic (exact) mass is 574 g/mol. The van der Waals surface area contributed by atoms with Crippen molar-refractivity contribution in [1.29, 1.82) is 0 Å². The van der Waals surface area contributed by atoms with Gasteiger partial charge in [-0.15, -0.1) is 0 Å². The zero-order valence-electron chi connectivity index (χ0n) is 22.7. The number of ether oxygens (including phenoxy) is 1. The van der Waals surface area contributed by atoms with Crippen LogP contribution in [0, 0.1) is 12.7 Å². The number of sulfonamides is 1. The molecule has 212 valence electrons. The van der Waals surface area contributed by atoms with Gasteiger partial charge in [0.1, 0.15) is 23.0 Å². The molecule has 3 aromatic carbocycles. The minimum Gasteiger partial charge on any atom is -0.353 e. The Hall–Kier alpha value is -3.86. The van der Waals surface area contributed by atoms with Gasteiger partial charge in [0.25, 0.3) is 15.9 Å². The third kappa shape index (κ3) is 5.95. The number of fused-ring (bicyclic) bond motifs is 1. The lowest BCUT2D eigenvalue weighted by atomic mass is 10.1. The van der Waals surface area contributed by atoms with Crippen LogP contribution in [0.25, 0.3) is 10.9 Å². The van der Waals surface area contributed by atoms with Gasteiger partial charge in [-0.3, -0.25) is 19.4 Å². The number of carbonyl (C=O) groups is 1. The maximum Gasteiger partial charge on any atom is 0.264 e. The van der Waals surface area contributed by atoms with E-state index in [0.29, 0.717) is 30.5 Å². The Balaban J connectivity index is 1.08. The van der Waals surface area contributed by atoms with E-state index in [9.17, 15) is 13.2 Å². The number of pyridine rings is 1. The van der Waals surface area contributed by atoms with Crippen molar-refractivity contribution in [2.45, 2.75) is 37.0 Å². The zero-order chi connectivity index (χ0) is 28.6. The molecule has 2 atom stereocenters. The Morgan fingerprint density at radius 3 is 2.63 bits per heavy atom. The second kappa shape index (κ2) is 11.2. The minimum absolute atomic E-state index is 0.0491. The third-order valence-corrected chi connectivity index (χ3v) is 9.03. The van der Waals surface area contributed by atoms with Crippen molar-refractivity contribution in [3.8, 4) is 0 Å². The highest BCUT2D eigenvalue weighted by molar-refractivity contribution is 7.93. The maximum absolute atomic E-state index is 15.1. The second-order valence-corrected chi connectivity index (χ2v) is 12.2. The Kier molecular flexibility index (Phi) is 7.46. The number of aromatic nitrogens is 1. The molecule has 8 nitrogen and oxygen atoms in total. The molecule has 0 saturated carbocycles. The molecule has 2 aliphatic heterocycles. The number of epoxide rings is 1. The number of anilines is 1. The van der Waals surface area contributed by atoms with Gasteiger partial charge in [-0.2, -0.15) is 0 Å². The highest BCUT2D eigenvalue weighted by atomic mass is 32.2. The van der Waals surface area contributed by atoms with Gasteiger partial charge in [-0.05, 0) is 49.2 Å². The molecular formula is C31H31FN4O4S. The molecule has 0 spiro atoms. The van der Waals surface area contributed by atoms with Crippen LogP contribution < -0.4 is 4.72 Å². The van der Waals surface area contributed by atoms with Crippen LogP contribution in [0.3, 0.4) is 0 Å². The van der Waals surface area contributed by atoms with E-state index in [-0.39, 0.29) is 34.4 Å². The Bertz CT molecular complexity index is 1690. The topological polar surface area (TPSA) is 95.1 Å². The van der Waals surface area contributed by atoms with E-state index in [1.807, 2.05) is 0 Å². The Labute approximate surface area is 238 Å². The average Bonchev–Trinajstić information content (AvgIpc) is 3.77. The molecule has 0 bridgehead atoms. The first-order valence-corrected chi connectivity index (χ1v) is 15.2. The fraction of sp³-hybridized carbons (Fsp3) is 0.290. The van der Waals surface area contributed by atoms with E-state index in [1.165, 1.54) is 35.5 Å². The molecule has 1 N–H and O–H groups in total. The predicted molar refractivity (Wildman–Crippen MR) is 155 cm³/mol. The van der Waals surface area contributed by atoms with Gasteiger partial charge in [0.15, 0.2) is 0 Å². The van der Waals surface area contributed by atoms with E-state index in [0.717, 1.165) is 25.5 Å². The van der Waals surface area contributed by atoms with Crippen LogP contribution in [0.2, 0.25) is 0 Å². The summed E-state index contributed by atoms with van der Waals surface area (Å²) in [5.41, 5.74) is 2.71. The lowest BCUT2D eigenvalue weighted by Gasteiger charge is -2.21. The van der Waals surface area contributed by atoms with Gasteiger partial charge in [-0.25, -0.2) is 12.8 Å². The van der Waals surface area contributed by atoms with E-state index in [1.54, 1.807) is 29.2 Å². The maximum atomic E-state index is 15.1. The summed E-state index contributed by atoms with van der Waals surface area (Å²) in [4.78, 5) is 21.4. The summed E-state index contributed by atoms with van der Waals surface area (Å²) in [7, 11) is -4.12. The van der Waals surface area contributed by atoms with E-state index >= 15 is 4.39 Å². The highest BCUT2D eigenvalue weighted by Crippen LogP contribution is 2.31. The number of benzene rings is 3. The molecule has 2 unspecified atom stereocenters. The summed E-state index contributed by atoms with van der Waals surface area (Å²) in [6.07, 6.45) is 3.34. The summed E-state index contributed by atoms with van der Waals surface area (Å²) >= 11 is 0. The van der Waals surface area contributed by atoms with Gasteiger partial charge in [0, 0.05) is 49.7 Å². The zero-order valence-corrected chi connectivity index (χ0v) is 23.5. The van der Waals surface area contributed by atoms with E-state index < -0.39 is 15.8 Å². The first kappa shape index (κ1) is 27.3. The van der Waals surface area contributed by atoms with Gasteiger partial charge >= 0.3 is 0 Å². The SMILES string of the molecule is Cc1ccc(CC2OC2N2CCCN(C(=O)c3ccc(NS(=O)(=O)c4cccc5cccnc45)c(F)c3)CC2)cc1. The second-order valence-electron chi connectivity index (χ2n) is 10.6. The number of rotatable bonds is 7. The van der Waals surface area contributed by atoms with Crippen LogP contribution in [-0.2, 0) is 21.2 Å². The molecular weight excluding hydrogens is 543 g/mol. The lowest BCUT2D eigenvalue weighted by Crippen LogP contribution is -2.36. The number of aryl methyl sites for hydroxylation is 1. The molecule has 10 heteroatoms. The van der Waals surface area contributed by atoms with Gasteiger partial charge < -0.3 is 9.64 Å². The fourth-order valence-electron chi connectivity index (χ4n) is 5.36. The average molecular weight is 575 g/mol. The summed E-state index contributed by atoms with van der Waals surface area (Å²) in [5.74, 6) is -1.11. The number of amides is 1. The molecule has 0 radical (unpaired) electrons. The van der Waals surface area contributed by atoms with Gasteiger partial charge in [0.05, 0.1) is 11.2 Å². The first-order valence-electron chi connectivity index (χ1n) is 13.7. The van der Waals surface area contributed by atoms with Crippen LogP contribution in [0.5, 0.6) is 0 Å². The van der Waals surface area contributed by atoms with Crippen molar-refractivity contribution in [2.75, 3.05) is 30.9 Å².